The minimum atomic E-state index is -3.78. The number of anilines is 2. The summed E-state index contributed by atoms with van der Waals surface area (Å²) in [6.45, 7) is 1.04. The first-order chi connectivity index (χ1) is 7.46. The summed E-state index contributed by atoms with van der Waals surface area (Å²) < 4.78 is 27.2. The van der Waals surface area contributed by atoms with Gasteiger partial charge in [0.2, 0.25) is 10.0 Å². The Morgan fingerprint density at radius 1 is 1.44 bits per heavy atom. The van der Waals surface area contributed by atoms with Crippen LogP contribution in [-0.2, 0) is 14.8 Å². The molecule has 6 nitrogen and oxygen atoms in total. The summed E-state index contributed by atoms with van der Waals surface area (Å²) in [6.07, 6.45) is 0. The number of hydrogen-bond acceptors (Lipinski definition) is 5. The number of hydrogen-bond donors (Lipinski definition) is 3. The molecule has 0 saturated carbocycles. The van der Waals surface area contributed by atoms with Crippen molar-refractivity contribution < 1.29 is 13.2 Å². The SMILES string of the molecule is COCCNc1cccc(S(N)(=O)=O)c1N. The van der Waals surface area contributed by atoms with Gasteiger partial charge in [0.05, 0.1) is 18.0 Å². The zero-order valence-corrected chi connectivity index (χ0v) is 9.75. The van der Waals surface area contributed by atoms with E-state index in [1.165, 1.54) is 6.07 Å². The number of nitrogen functional groups attached to an aromatic ring is 1. The van der Waals surface area contributed by atoms with Crippen molar-refractivity contribution in [3.63, 3.8) is 0 Å². The molecule has 0 atom stereocenters. The summed E-state index contributed by atoms with van der Waals surface area (Å²) in [5, 5.41) is 7.98. The number of methoxy groups -OCH3 is 1. The van der Waals surface area contributed by atoms with E-state index in [9.17, 15) is 8.42 Å². The van der Waals surface area contributed by atoms with Crippen molar-refractivity contribution in [1.82, 2.24) is 0 Å². The Morgan fingerprint density at radius 2 is 2.12 bits per heavy atom. The lowest BCUT2D eigenvalue weighted by Crippen LogP contribution is -2.16. The van der Waals surface area contributed by atoms with E-state index >= 15 is 0 Å². The Kier molecular flexibility index (Phi) is 4.11. The quantitative estimate of drug-likeness (QED) is 0.499. The average molecular weight is 245 g/mol. The smallest absolute Gasteiger partial charge is 0.240 e. The van der Waals surface area contributed by atoms with E-state index in [1.807, 2.05) is 0 Å². The fraction of sp³-hybridized carbons (Fsp3) is 0.333. The maximum absolute atomic E-state index is 11.2. The van der Waals surface area contributed by atoms with Gasteiger partial charge in [0, 0.05) is 13.7 Å². The minimum absolute atomic E-state index is 0.0742. The van der Waals surface area contributed by atoms with Gasteiger partial charge in [0.25, 0.3) is 0 Å². The number of nitrogens with two attached hydrogens (primary N) is 2. The topological polar surface area (TPSA) is 107 Å². The number of ether oxygens (including phenoxy) is 1. The van der Waals surface area contributed by atoms with Crippen LogP contribution >= 0.6 is 0 Å². The number of benzene rings is 1. The number of primary sulfonamides is 1. The minimum Gasteiger partial charge on any atom is -0.396 e. The van der Waals surface area contributed by atoms with Crippen LogP contribution < -0.4 is 16.2 Å². The Bertz CT molecular complexity index is 459. The highest BCUT2D eigenvalue weighted by atomic mass is 32.2. The first-order valence-electron chi connectivity index (χ1n) is 4.61. The van der Waals surface area contributed by atoms with Crippen LogP contribution in [0.2, 0.25) is 0 Å². The van der Waals surface area contributed by atoms with E-state index in [-0.39, 0.29) is 10.6 Å². The van der Waals surface area contributed by atoms with E-state index in [4.69, 9.17) is 15.6 Å². The summed E-state index contributed by atoms with van der Waals surface area (Å²) in [6, 6.07) is 4.62. The van der Waals surface area contributed by atoms with E-state index in [2.05, 4.69) is 5.32 Å². The molecule has 0 aliphatic heterocycles. The second-order valence-electron chi connectivity index (χ2n) is 3.18. The van der Waals surface area contributed by atoms with Crippen LogP contribution in [0.4, 0.5) is 11.4 Å². The highest BCUT2D eigenvalue weighted by Crippen LogP contribution is 2.25. The number of nitrogens with one attached hydrogen (secondary N) is 1. The Hall–Kier alpha value is -1.31. The van der Waals surface area contributed by atoms with Gasteiger partial charge in [-0.05, 0) is 12.1 Å². The third-order valence-corrected chi connectivity index (χ3v) is 2.96. The number of sulfonamides is 1. The van der Waals surface area contributed by atoms with E-state index in [0.29, 0.717) is 18.8 Å². The highest BCUT2D eigenvalue weighted by Gasteiger charge is 2.14. The first kappa shape index (κ1) is 12.8. The van der Waals surface area contributed by atoms with Crippen molar-refractivity contribution in [1.29, 1.82) is 0 Å². The predicted octanol–water partition coefficient (Wildman–Crippen LogP) is -0.0255. The van der Waals surface area contributed by atoms with Crippen LogP contribution in [0.1, 0.15) is 0 Å². The molecule has 0 fully saturated rings. The van der Waals surface area contributed by atoms with Gasteiger partial charge < -0.3 is 15.8 Å². The molecule has 0 amide bonds. The molecule has 0 aliphatic rings. The Morgan fingerprint density at radius 3 is 2.69 bits per heavy atom. The highest BCUT2D eigenvalue weighted by molar-refractivity contribution is 7.89. The van der Waals surface area contributed by atoms with Gasteiger partial charge >= 0.3 is 0 Å². The zero-order chi connectivity index (χ0) is 12.2. The van der Waals surface area contributed by atoms with Gasteiger partial charge in [0.1, 0.15) is 4.90 Å². The molecule has 1 aromatic carbocycles. The molecule has 7 heteroatoms. The fourth-order valence-electron chi connectivity index (χ4n) is 1.23. The molecule has 0 aliphatic carbocycles. The van der Waals surface area contributed by atoms with E-state index in [0.717, 1.165) is 0 Å². The van der Waals surface area contributed by atoms with Crippen molar-refractivity contribution in [2.45, 2.75) is 4.90 Å². The van der Waals surface area contributed by atoms with E-state index in [1.54, 1.807) is 19.2 Å². The van der Waals surface area contributed by atoms with Crippen molar-refractivity contribution in [2.75, 3.05) is 31.3 Å². The van der Waals surface area contributed by atoms with Crippen LogP contribution in [-0.4, -0.2) is 28.7 Å². The third-order valence-electron chi connectivity index (χ3n) is 1.99. The number of rotatable bonds is 5. The lowest BCUT2D eigenvalue weighted by atomic mass is 10.2. The fourth-order valence-corrected chi connectivity index (χ4v) is 1.92. The zero-order valence-electron chi connectivity index (χ0n) is 8.93. The molecule has 0 bridgehead atoms. The normalized spacial score (nSPS) is 11.4. The summed E-state index contributed by atoms with van der Waals surface area (Å²) >= 11 is 0. The Labute approximate surface area is 94.6 Å². The van der Waals surface area contributed by atoms with Gasteiger partial charge in [-0.1, -0.05) is 6.07 Å². The molecule has 0 saturated heterocycles. The van der Waals surface area contributed by atoms with Crippen LogP contribution in [0, 0.1) is 0 Å². The van der Waals surface area contributed by atoms with Crippen LogP contribution in [0.15, 0.2) is 23.1 Å². The summed E-state index contributed by atoms with van der Waals surface area (Å²) in [4.78, 5) is -0.0742. The largest absolute Gasteiger partial charge is 0.396 e. The number of para-hydroxylation sites is 1. The molecule has 0 spiro atoms. The van der Waals surface area contributed by atoms with Crippen LogP contribution in [0.25, 0.3) is 0 Å². The summed E-state index contributed by atoms with van der Waals surface area (Å²) in [7, 11) is -2.21. The standard InChI is InChI=1S/C9H15N3O3S/c1-15-6-5-12-7-3-2-4-8(9(7)10)16(11,13)14/h2-4,12H,5-6,10H2,1H3,(H2,11,13,14). The average Bonchev–Trinajstić information content (AvgIpc) is 2.19. The second kappa shape index (κ2) is 5.15. The molecule has 5 N–H and O–H groups in total. The molecule has 1 rings (SSSR count). The maximum Gasteiger partial charge on any atom is 0.240 e. The molecular formula is C9H15N3O3S. The molecule has 0 unspecified atom stereocenters. The van der Waals surface area contributed by atoms with Crippen molar-refractivity contribution in [3.05, 3.63) is 18.2 Å². The monoisotopic (exact) mass is 245 g/mol. The Balaban J connectivity index is 2.96. The van der Waals surface area contributed by atoms with Gasteiger partial charge in [-0.25, -0.2) is 13.6 Å². The predicted molar refractivity (Wildman–Crippen MR) is 62.6 cm³/mol. The third kappa shape index (κ3) is 3.09. The van der Waals surface area contributed by atoms with Gasteiger partial charge in [-0.2, -0.15) is 0 Å². The van der Waals surface area contributed by atoms with Crippen molar-refractivity contribution in [3.8, 4) is 0 Å². The van der Waals surface area contributed by atoms with Crippen molar-refractivity contribution in [2.24, 2.45) is 5.14 Å². The van der Waals surface area contributed by atoms with Gasteiger partial charge in [-0.3, -0.25) is 0 Å². The molecular weight excluding hydrogens is 230 g/mol. The summed E-state index contributed by atoms with van der Waals surface area (Å²) in [5.74, 6) is 0. The van der Waals surface area contributed by atoms with Crippen molar-refractivity contribution >= 4 is 21.4 Å². The summed E-state index contributed by atoms with van der Waals surface area (Å²) in [5.41, 5.74) is 6.35. The second-order valence-corrected chi connectivity index (χ2v) is 4.71. The van der Waals surface area contributed by atoms with Gasteiger partial charge in [-0.15, -0.1) is 0 Å². The first-order valence-corrected chi connectivity index (χ1v) is 6.15. The lowest BCUT2D eigenvalue weighted by molar-refractivity contribution is 0.211. The lowest BCUT2D eigenvalue weighted by Gasteiger charge is -2.11. The maximum atomic E-state index is 11.2. The molecule has 1 aromatic rings. The van der Waals surface area contributed by atoms with Crippen LogP contribution in [0.5, 0.6) is 0 Å². The van der Waals surface area contributed by atoms with Crippen LogP contribution in [0.3, 0.4) is 0 Å². The van der Waals surface area contributed by atoms with E-state index < -0.39 is 10.0 Å². The molecule has 16 heavy (non-hydrogen) atoms. The molecule has 90 valence electrons. The van der Waals surface area contributed by atoms with Gasteiger partial charge in [0.15, 0.2) is 0 Å². The molecule has 0 heterocycles. The molecule has 0 radical (unpaired) electrons. The molecule has 0 aromatic heterocycles.